The molecule has 2 amide bonds. The van der Waals surface area contributed by atoms with Crippen LogP contribution in [0.2, 0.25) is 0 Å². The number of amides is 2. The zero-order chi connectivity index (χ0) is 22.8. The van der Waals surface area contributed by atoms with Gasteiger partial charge in [0.05, 0.1) is 6.20 Å². The Hall–Kier alpha value is -3.49. The third-order valence-corrected chi connectivity index (χ3v) is 6.00. The number of likely N-dealkylation sites (tertiary alicyclic amines) is 1. The van der Waals surface area contributed by atoms with Gasteiger partial charge < -0.3 is 15.2 Å². The fourth-order valence-corrected chi connectivity index (χ4v) is 4.04. The van der Waals surface area contributed by atoms with Gasteiger partial charge in [-0.15, -0.1) is 5.10 Å². The summed E-state index contributed by atoms with van der Waals surface area (Å²) < 4.78 is 1.33. The molecule has 0 radical (unpaired) electrons. The van der Waals surface area contributed by atoms with Crippen LogP contribution in [0.25, 0.3) is 5.52 Å². The monoisotopic (exact) mass is 436 g/mol. The Balaban J connectivity index is 1.33. The quantitative estimate of drug-likeness (QED) is 0.635. The molecule has 1 aromatic carbocycles. The van der Waals surface area contributed by atoms with Crippen molar-refractivity contribution in [3.8, 4) is 0 Å². The number of fused-ring (bicyclic) bond motifs is 1. The number of hydrogen-bond donors (Lipinski definition) is 2. The lowest BCUT2D eigenvalue weighted by Crippen LogP contribution is -2.43. The summed E-state index contributed by atoms with van der Waals surface area (Å²) in [6.45, 7) is 7.40. The number of piperidine rings is 1. The lowest BCUT2D eigenvalue weighted by atomic mass is 9.95. The van der Waals surface area contributed by atoms with Crippen LogP contribution in [0.4, 0.5) is 0 Å². The van der Waals surface area contributed by atoms with E-state index in [1.165, 1.54) is 10.1 Å². The number of carbonyl (C=O) groups excluding carboxylic acids is 2. The second kappa shape index (κ2) is 8.94. The molecule has 0 aliphatic carbocycles. The predicted octanol–water partition coefficient (Wildman–Crippen LogP) is 2.02. The number of aryl methyl sites for hydroxylation is 1. The largest absolute Gasteiger partial charge is 0.352 e. The number of benzene rings is 1. The van der Waals surface area contributed by atoms with Crippen LogP contribution in [0, 0.1) is 12.8 Å². The van der Waals surface area contributed by atoms with Crippen molar-refractivity contribution < 1.29 is 9.59 Å². The zero-order valence-electron chi connectivity index (χ0n) is 18.6. The van der Waals surface area contributed by atoms with Gasteiger partial charge in [-0.05, 0) is 36.8 Å². The topological polar surface area (TPSA) is 112 Å². The first kappa shape index (κ1) is 21.7. The van der Waals surface area contributed by atoms with E-state index in [4.69, 9.17) is 0 Å². The molecule has 0 unspecified atom stereocenters. The standard InChI is InChI=1S/C23H28N6O3/c1-14(2)17-6-4-16(5-7-17)12-24-21(30)18-8-10-28(11-9-18)23(32)19-20-22(31)25-15(3)13-29(20)27-26-19/h4-7,13-14,18H,8-12H2,1-3H3,(H,24,30)(H,25,31). The highest BCUT2D eigenvalue weighted by atomic mass is 16.2. The van der Waals surface area contributed by atoms with E-state index in [-0.39, 0.29) is 28.9 Å². The molecule has 32 heavy (non-hydrogen) atoms. The van der Waals surface area contributed by atoms with Crippen LogP contribution < -0.4 is 10.9 Å². The van der Waals surface area contributed by atoms with Crippen molar-refractivity contribution in [3.05, 3.63) is 63.3 Å². The molecule has 168 valence electrons. The minimum Gasteiger partial charge on any atom is -0.352 e. The van der Waals surface area contributed by atoms with Gasteiger partial charge in [0, 0.05) is 31.2 Å². The van der Waals surface area contributed by atoms with Crippen molar-refractivity contribution in [1.82, 2.24) is 30.0 Å². The zero-order valence-corrected chi connectivity index (χ0v) is 18.6. The molecule has 1 saturated heterocycles. The van der Waals surface area contributed by atoms with Gasteiger partial charge >= 0.3 is 0 Å². The van der Waals surface area contributed by atoms with Crippen molar-refractivity contribution in [2.24, 2.45) is 5.92 Å². The van der Waals surface area contributed by atoms with E-state index >= 15 is 0 Å². The molecule has 0 spiro atoms. The molecule has 0 saturated carbocycles. The highest BCUT2D eigenvalue weighted by Crippen LogP contribution is 2.20. The molecule has 3 aromatic rings. The summed E-state index contributed by atoms with van der Waals surface area (Å²) >= 11 is 0. The van der Waals surface area contributed by atoms with Gasteiger partial charge in [-0.2, -0.15) is 0 Å². The Morgan fingerprint density at radius 3 is 2.53 bits per heavy atom. The molecular weight excluding hydrogens is 408 g/mol. The lowest BCUT2D eigenvalue weighted by Gasteiger charge is -2.30. The molecule has 4 rings (SSSR count). The number of hydrogen-bond acceptors (Lipinski definition) is 5. The summed E-state index contributed by atoms with van der Waals surface area (Å²) in [6, 6.07) is 8.28. The van der Waals surface area contributed by atoms with Crippen molar-refractivity contribution in [2.75, 3.05) is 13.1 Å². The summed E-state index contributed by atoms with van der Waals surface area (Å²) in [6.07, 6.45) is 2.75. The van der Waals surface area contributed by atoms with Crippen LogP contribution >= 0.6 is 0 Å². The van der Waals surface area contributed by atoms with Gasteiger partial charge in [-0.25, -0.2) is 4.52 Å². The van der Waals surface area contributed by atoms with E-state index in [0.29, 0.717) is 44.1 Å². The van der Waals surface area contributed by atoms with Gasteiger partial charge in [0.15, 0.2) is 11.2 Å². The van der Waals surface area contributed by atoms with Gasteiger partial charge in [0.1, 0.15) is 0 Å². The number of rotatable bonds is 5. The van der Waals surface area contributed by atoms with Crippen LogP contribution in [-0.2, 0) is 11.3 Å². The van der Waals surface area contributed by atoms with E-state index < -0.39 is 5.56 Å². The normalized spacial score (nSPS) is 14.8. The molecule has 1 fully saturated rings. The smallest absolute Gasteiger partial charge is 0.276 e. The summed E-state index contributed by atoms with van der Waals surface area (Å²) in [5, 5.41) is 10.8. The Bertz CT molecular complexity index is 1190. The Kier molecular flexibility index (Phi) is 6.07. The maximum Gasteiger partial charge on any atom is 0.276 e. The minimum absolute atomic E-state index is 0.00561. The number of aromatic nitrogens is 4. The molecular formula is C23H28N6O3. The van der Waals surface area contributed by atoms with Crippen LogP contribution in [0.15, 0.2) is 35.3 Å². The number of aromatic amines is 1. The van der Waals surface area contributed by atoms with Crippen LogP contribution in [0.5, 0.6) is 0 Å². The second-order valence-electron chi connectivity index (χ2n) is 8.68. The van der Waals surface area contributed by atoms with Crippen molar-refractivity contribution in [1.29, 1.82) is 0 Å². The van der Waals surface area contributed by atoms with Gasteiger partial charge in [0.2, 0.25) is 5.91 Å². The Morgan fingerprint density at radius 2 is 1.88 bits per heavy atom. The summed E-state index contributed by atoms with van der Waals surface area (Å²) in [7, 11) is 0. The fraction of sp³-hybridized carbons (Fsp3) is 0.435. The summed E-state index contributed by atoms with van der Waals surface area (Å²) in [5.74, 6) is 0.00590. The van der Waals surface area contributed by atoms with Gasteiger partial charge in [-0.1, -0.05) is 43.3 Å². The molecule has 0 bridgehead atoms. The average Bonchev–Trinajstić information content (AvgIpc) is 3.21. The third-order valence-electron chi connectivity index (χ3n) is 6.00. The average molecular weight is 437 g/mol. The molecule has 2 aromatic heterocycles. The van der Waals surface area contributed by atoms with Crippen LogP contribution in [0.3, 0.4) is 0 Å². The maximum absolute atomic E-state index is 12.9. The first-order chi connectivity index (χ1) is 15.3. The highest BCUT2D eigenvalue weighted by Gasteiger charge is 2.30. The van der Waals surface area contributed by atoms with Crippen molar-refractivity contribution >= 4 is 17.3 Å². The minimum atomic E-state index is -0.394. The van der Waals surface area contributed by atoms with Crippen LogP contribution in [0.1, 0.15) is 59.9 Å². The van der Waals surface area contributed by atoms with E-state index in [2.05, 4.69) is 46.6 Å². The molecule has 0 atom stereocenters. The number of carbonyl (C=O) groups is 2. The Labute approximate surface area is 185 Å². The SMILES string of the molecule is Cc1cn2nnc(C(=O)N3CCC(C(=O)NCc4ccc(C(C)C)cc4)CC3)c2c(=O)[nH]1. The predicted molar refractivity (Wildman–Crippen MR) is 119 cm³/mol. The number of H-pyrrole nitrogens is 1. The molecule has 2 N–H and O–H groups in total. The molecule has 9 nitrogen and oxygen atoms in total. The first-order valence-electron chi connectivity index (χ1n) is 10.9. The lowest BCUT2D eigenvalue weighted by molar-refractivity contribution is -0.126. The first-order valence-corrected chi connectivity index (χ1v) is 10.9. The van der Waals surface area contributed by atoms with Gasteiger partial charge in [0.25, 0.3) is 11.5 Å². The summed E-state index contributed by atoms with van der Waals surface area (Å²) in [5.41, 5.74) is 2.76. The molecule has 1 aliphatic rings. The van der Waals surface area contributed by atoms with E-state index in [0.717, 1.165) is 5.56 Å². The highest BCUT2D eigenvalue weighted by molar-refractivity contribution is 5.98. The molecule has 3 heterocycles. The fourth-order valence-electron chi connectivity index (χ4n) is 4.04. The number of nitrogens with one attached hydrogen (secondary N) is 2. The van der Waals surface area contributed by atoms with Crippen molar-refractivity contribution in [3.63, 3.8) is 0 Å². The van der Waals surface area contributed by atoms with Gasteiger partial charge in [-0.3, -0.25) is 14.4 Å². The molecule has 1 aliphatic heterocycles. The maximum atomic E-state index is 12.9. The van der Waals surface area contributed by atoms with Crippen molar-refractivity contribution in [2.45, 2.75) is 46.1 Å². The Morgan fingerprint density at radius 1 is 1.19 bits per heavy atom. The third kappa shape index (κ3) is 4.42. The van der Waals surface area contributed by atoms with E-state index in [1.807, 2.05) is 12.1 Å². The second-order valence-corrected chi connectivity index (χ2v) is 8.68. The molecule has 9 heteroatoms. The van der Waals surface area contributed by atoms with Crippen LogP contribution in [-0.4, -0.2) is 49.6 Å². The van der Waals surface area contributed by atoms with E-state index in [9.17, 15) is 14.4 Å². The number of nitrogens with zero attached hydrogens (tertiary/aromatic N) is 4. The summed E-state index contributed by atoms with van der Waals surface area (Å²) in [4.78, 5) is 42.1. The van der Waals surface area contributed by atoms with E-state index in [1.54, 1.807) is 18.0 Å².